The molecule has 0 fully saturated rings. The molecule has 2 nitrogen and oxygen atoms in total. The maximum absolute atomic E-state index is 4.95. The van der Waals surface area contributed by atoms with Crippen LogP contribution in [0.3, 0.4) is 0 Å². The monoisotopic (exact) mass is 692 g/mol. The van der Waals surface area contributed by atoms with Gasteiger partial charge in [0.05, 0.1) is 15.6 Å². The van der Waals surface area contributed by atoms with Crippen LogP contribution >= 0.6 is 11.3 Å². The fourth-order valence-corrected chi connectivity index (χ4v) is 9.82. The Bertz CT molecular complexity index is 2740. The van der Waals surface area contributed by atoms with Crippen molar-refractivity contribution in [2.75, 3.05) is 4.90 Å². The van der Waals surface area contributed by atoms with Crippen LogP contribution in [0.1, 0.15) is 22.3 Å². The molecule has 11 rings (SSSR count). The number of hydrogen-bond donors (Lipinski definition) is 0. The lowest BCUT2D eigenvalue weighted by atomic mass is 9.70. The van der Waals surface area contributed by atoms with Crippen LogP contribution in [0.4, 0.5) is 17.1 Å². The van der Waals surface area contributed by atoms with Crippen LogP contribution < -0.4 is 4.90 Å². The van der Waals surface area contributed by atoms with Gasteiger partial charge < -0.3 is 4.90 Å². The maximum Gasteiger partial charge on any atom is 0.124 e. The molecule has 2 aliphatic rings. The van der Waals surface area contributed by atoms with Crippen molar-refractivity contribution in [3.05, 3.63) is 216 Å². The van der Waals surface area contributed by atoms with Gasteiger partial charge in [-0.2, -0.15) is 0 Å². The Morgan fingerprint density at radius 1 is 0.377 bits per heavy atom. The van der Waals surface area contributed by atoms with Crippen molar-refractivity contribution in [2.24, 2.45) is 0 Å². The molecule has 0 amide bonds. The van der Waals surface area contributed by atoms with E-state index in [1.807, 2.05) is 0 Å². The highest BCUT2D eigenvalue weighted by Crippen LogP contribution is 2.63. The summed E-state index contributed by atoms with van der Waals surface area (Å²) in [7, 11) is 0. The molecule has 9 aromatic rings. The summed E-state index contributed by atoms with van der Waals surface area (Å²) in [6.45, 7) is 0. The first-order valence-corrected chi connectivity index (χ1v) is 18.9. The average Bonchev–Trinajstić information content (AvgIpc) is 3.89. The van der Waals surface area contributed by atoms with E-state index in [0.717, 1.165) is 33.1 Å². The third-order valence-electron chi connectivity index (χ3n) is 11.1. The normalized spacial score (nSPS) is 13.1. The van der Waals surface area contributed by atoms with Crippen molar-refractivity contribution >= 4 is 38.6 Å². The number of rotatable bonds is 5. The van der Waals surface area contributed by atoms with Gasteiger partial charge in [-0.3, -0.25) is 0 Å². The van der Waals surface area contributed by atoms with Crippen LogP contribution in [-0.2, 0) is 5.41 Å². The first-order valence-electron chi connectivity index (χ1n) is 18.1. The third-order valence-corrected chi connectivity index (χ3v) is 12.2. The molecule has 248 valence electrons. The van der Waals surface area contributed by atoms with E-state index >= 15 is 0 Å². The van der Waals surface area contributed by atoms with Crippen LogP contribution in [0.25, 0.3) is 54.2 Å². The third kappa shape index (κ3) is 4.48. The van der Waals surface area contributed by atoms with Gasteiger partial charge in [0.2, 0.25) is 0 Å². The summed E-state index contributed by atoms with van der Waals surface area (Å²) < 4.78 is 1.20. The molecule has 0 saturated carbocycles. The quantitative estimate of drug-likeness (QED) is 0.178. The highest BCUT2D eigenvalue weighted by Gasteiger charge is 2.51. The van der Waals surface area contributed by atoms with Gasteiger partial charge in [-0.25, -0.2) is 4.98 Å². The summed E-state index contributed by atoms with van der Waals surface area (Å²) in [6.07, 6.45) is 0. The molecule has 3 heteroatoms. The van der Waals surface area contributed by atoms with E-state index in [1.54, 1.807) is 11.3 Å². The molecule has 53 heavy (non-hydrogen) atoms. The highest BCUT2D eigenvalue weighted by molar-refractivity contribution is 7.21. The van der Waals surface area contributed by atoms with Crippen molar-refractivity contribution in [3.8, 4) is 44.0 Å². The van der Waals surface area contributed by atoms with Gasteiger partial charge in [0.1, 0.15) is 5.01 Å². The summed E-state index contributed by atoms with van der Waals surface area (Å²) in [5.74, 6) is 0. The Morgan fingerprint density at radius 2 is 0.849 bits per heavy atom. The zero-order chi connectivity index (χ0) is 34.9. The van der Waals surface area contributed by atoms with E-state index < -0.39 is 5.41 Å². The van der Waals surface area contributed by atoms with Crippen LogP contribution in [0, 0.1) is 0 Å². The molecule has 1 spiro atoms. The molecule has 1 aromatic heterocycles. The second kappa shape index (κ2) is 11.7. The number of thiazole rings is 1. The minimum absolute atomic E-state index is 0.408. The molecule has 0 bridgehead atoms. The number of nitrogens with zero attached hydrogens (tertiary/aromatic N) is 2. The molecule has 2 aliphatic carbocycles. The van der Waals surface area contributed by atoms with Gasteiger partial charge in [-0.1, -0.05) is 133 Å². The summed E-state index contributed by atoms with van der Waals surface area (Å²) in [6, 6.07) is 71.0. The van der Waals surface area contributed by atoms with Gasteiger partial charge >= 0.3 is 0 Å². The number of hydrogen-bond acceptors (Lipinski definition) is 3. The fraction of sp³-hybridized carbons (Fsp3) is 0.0200. The lowest BCUT2D eigenvalue weighted by Gasteiger charge is -2.32. The van der Waals surface area contributed by atoms with E-state index in [2.05, 4.69) is 199 Å². The van der Waals surface area contributed by atoms with Gasteiger partial charge in [0.25, 0.3) is 0 Å². The number of benzene rings is 8. The molecule has 0 N–H and O–H groups in total. The molecular weight excluding hydrogens is 661 g/mol. The van der Waals surface area contributed by atoms with Gasteiger partial charge in [-0.15, -0.1) is 11.3 Å². The number of aromatic nitrogens is 1. The van der Waals surface area contributed by atoms with Crippen LogP contribution in [-0.4, -0.2) is 4.98 Å². The zero-order valence-electron chi connectivity index (χ0n) is 28.8. The number of anilines is 3. The summed E-state index contributed by atoms with van der Waals surface area (Å²) >= 11 is 1.74. The number of fused-ring (bicyclic) bond motifs is 11. The minimum Gasteiger partial charge on any atom is -0.310 e. The molecule has 8 aromatic carbocycles. The fourth-order valence-electron chi connectivity index (χ4n) is 8.85. The Labute approximate surface area is 312 Å². The van der Waals surface area contributed by atoms with Crippen molar-refractivity contribution in [1.82, 2.24) is 4.98 Å². The van der Waals surface area contributed by atoms with Crippen molar-refractivity contribution in [2.45, 2.75) is 5.41 Å². The van der Waals surface area contributed by atoms with Crippen LogP contribution in [0.15, 0.2) is 194 Å². The summed E-state index contributed by atoms with van der Waals surface area (Å²) in [4.78, 5) is 7.36. The molecule has 1 heterocycles. The van der Waals surface area contributed by atoms with Gasteiger partial charge in [0, 0.05) is 22.6 Å². The number of para-hydroxylation sites is 1. The lowest BCUT2D eigenvalue weighted by Crippen LogP contribution is -2.26. The Balaban J connectivity index is 1.10. The standard InChI is InChI=1S/C50H32N2S/c1-2-12-33(13-3-1)34-22-26-36(27-23-34)52(37-28-24-35(25-29-37)49-51-47-20-10-11-21-48(47)53-49)38-30-31-42-41-16-6-9-19-45(41)50(46(42)32-38)43-17-7-4-14-39(43)40-15-5-8-18-44(40)50/h1-32H. The predicted octanol–water partition coefficient (Wildman–Crippen LogP) is 13.4. The second-order valence-electron chi connectivity index (χ2n) is 13.9. The first-order chi connectivity index (χ1) is 26.3. The zero-order valence-corrected chi connectivity index (χ0v) is 29.6. The molecule has 0 saturated heterocycles. The van der Waals surface area contributed by atoms with E-state index in [0.29, 0.717) is 0 Å². The van der Waals surface area contributed by atoms with E-state index in [-0.39, 0.29) is 0 Å². The summed E-state index contributed by atoms with van der Waals surface area (Å²) in [5.41, 5.74) is 18.1. The Morgan fingerprint density at radius 3 is 1.45 bits per heavy atom. The topological polar surface area (TPSA) is 16.1 Å². The molecule has 0 unspecified atom stereocenters. The Kier molecular flexibility index (Phi) is 6.67. The molecular formula is C50H32N2S. The molecule has 0 radical (unpaired) electrons. The lowest BCUT2D eigenvalue weighted by molar-refractivity contribution is 0.793. The second-order valence-corrected chi connectivity index (χ2v) is 14.9. The van der Waals surface area contributed by atoms with Crippen LogP contribution in [0.5, 0.6) is 0 Å². The summed E-state index contributed by atoms with van der Waals surface area (Å²) in [5, 5.41) is 1.03. The first kappa shape index (κ1) is 30.1. The SMILES string of the molecule is c1ccc(-c2ccc(N(c3ccc(-c4nc5ccccc5s4)cc3)c3ccc4c(c3)C3(c5ccccc5-c5ccccc53)c3ccccc3-4)cc2)cc1. The van der Waals surface area contributed by atoms with Crippen molar-refractivity contribution in [3.63, 3.8) is 0 Å². The van der Waals surface area contributed by atoms with Crippen molar-refractivity contribution in [1.29, 1.82) is 0 Å². The van der Waals surface area contributed by atoms with Crippen molar-refractivity contribution < 1.29 is 0 Å². The molecule has 0 aliphatic heterocycles. The molecule has 0 atom stereocenters. The van der Waals surface area contributed by atoms with Crippen LogP contribution in [0.2, 0.25) is 0 Å². The Hall–Kier alpha value is -6.55. The van der Waals surface area contributed by atoms with E-state index in [9.17, 15) is 0 Å². The maximum atomic E-state index is 4.95. The van der Waals surface area contributed by atoms with Gasteiger partial charge in [0.15, 0.2) is 0 Å². The average molecular weight is 693 g/mol. The largest absolute Gasteiger partial charge is 0.310 e. The van der Waals surface area contributed by atoms with E-state index in [4.69, 9.17) is 4.98 Å². The minimum atomic E-state index is -0.408. The smallest absolute Gasteiger partial charge is 0.124 e. The van der Waals surface area contributed by atoms with Gasteiger partial charge in [-0.05, 0) is 116 Å². The predicted molar refractivity (Wildman–Crippen MR) is 221 cm³/mol. The highest BCUT2D eigenvalue weighted by atomic mass is 32.1. The van der Waals surface area contributed by atoms with E-state index in [1.165, 1.54) is 60.3 Å².